The maximum absolute atomic E-state index is 12.1. The summed E-state index contributed by atoms with van der Waals surface area (Å²) in [4.78, 5) is 21.8. The number of aliphatic carboxylic acids is 1. The Kier molecular flexibility index (Phi) is 4.12. The molecule has 26 heavy (non-hydrogen) atoms. The summed E-state index contributed by atoms with van der Waals surface area (Å²) in [5, 5.41) is 14.4. The number of carboxylic acids is 1. The summed E-state index contributed by atoms with van der Waals surface area (Å²) in [5.41, 5.74) is 0.668. The number of piperidine rings is 1. The molecule has 8 heteroatoms. The highest BCUT2D eigenvalue weighted by Crippen LogP contribution is 2.32. The number of imidazole rings is 1. The van der Waals surface area contributed by atoms with Crippen molar-refractivity contribution in [1.82, 2.24) is 24.6 Å². The lowest BCUT2D eigenvalue weighted by Gasteiger charge is -2.38. The van der Waals surface area contributed by atoms with Gasteiger partial charge in [0.15, 0.2) is 11.3 Å². The fourth-order valence-corrected chi connectivity index (χ4v) is 3.53. The van der Waals surface area contributed by atoms with Crippen molar-refractivity contribution in [3.63, 3.8) is 0 Å². The molecular formula is C18H21N5O3. The van der Waals surface area contributed by atoms with Crippen molar-refractivity contribution in [1.29, 1.82) is 0 Å². The Hall–Kier alpha value is -2.87. The Balaban J connectivity index is 1.51. The van der Waals surface area contributed by atoms with Gasteiger partial charge in [-0.2, -0.15) is 5.10 Å². The molecule has 136 valence electrons. The molecule has 0 aromatic carbocycles. The Labute approximate surface area is 150 Å². The zero-order chi connectivity index (χ0) is 18.1. The largest absolute Gasteiger partial charge is 0.479 e. The lowest BCUT2D eigenvalue weighted by Crippen LogP contribution is -2.51. The van der Waals surface area contributed by atoms with Crippen molar-refractivity contribution in [2.24, 2.45) is 0 Å². The van der Waals surface area contributed by atoms with Gasteiger partial charge in [0.1, 0.15) is 11.5 Å². The number of aromatic nitrogens is 4. The van der Waals surface area contributed by atoms with Gasteiger partial charge in [0.2, 0.25) is 0 Å². The molecule has 1 fully saturated rings. The van der Waals surface area contributed by atoms with Crippen LogP contribution in [0.5, 0.6) is 0 Å². The third-order valence-corrected chi connectivity index (χ3v) is 5.03. The molecular weight excluding hydrogens is 334 g/mol. The van der Waals surface area contributed by atoms with E-state index in [-0.39, 0.29) is 0 Å². The zero-order valence-corrected chi connectivity index (χ0v) is 14.6. The second-order valence-corrected chi connectivity index (χ2v) is 6.73. The second-order valence-electron chi connectivity index (χ2n) is 6.73. The van der Waals surface area contributed by atoms with Crippen LogP contribution in [0.25, 0.3) is 11.5 Å². The highest BCUT2D eigenvalue weighted by atomic mass is 16.4. The van der Waals surface area contributed by atoms with Crippen molar-refractivity contribution >= 4 is 5.97 Å². The van der Waals surface area contributed by atoms with Gasteiger partial charge in [-0.1, -0.05) is 0 Å². The number of aryl methyl sites for hydroxylation is 1. The molecule has 8 nitrogen and oxygen atoms in total. The maximum Gasteiger partial charge on any atom is 0.331 e. The van der Waals surface area contributed by atoms with E-state index < -0.39 is 11.5 Å². The summed E-state index contributed by atoms with van der Waals surface area (Å²) in [5.74, 6) is 0.679. The molecule has 0 atom stereocenters. The average molecular weight is 355 g/mol. The van der Waals surface area contributed by atoms with Crippen LogP contribution >= 0.6 is 0 Å². The Morgan fingerprint density at radius 2 is 2.19 bits per heavy atom. The minimum Gasteiger partial charge on any atom is -0.479 e. The molecule has 0 radical (unpaired) electrons. The minimum atomic E-state index is -1.02. The molecule has 0 bridgehead atoms. The number of aromatic amines is 1. The van der Waals surface area contributed by atoms with E-state index in [4.69, 9.17) is 4.42 Å². The lowest BCUT2D eigenvalue weighted by atomic mass is 9.87. The Morgan fingerprint density at radius 1 is 1.38 bits per heavy atom. The van der Waals surface area contributed by atoms with Crippen LogP contribution < -0.4 is 0 Å². The van der Waals surface area contributed by atoms with Gasteiger partial charge in [-0.3, -0.25) is 9.58 Å². The molecule has 1 aliphatic rings. The fraction of sp³-hybridized carbons (Fsp3) is 0.389. The number of rotatable bonds is 5. The molecule has 4 heterocycles. The van der Waals surface area contributed by atoms with Crippen LogP contribution in [0, 0.1) is 6.92 Å². The van der Waals surface area contributed by atoms with Crippen LogP contribution in [0.15, 0.2) is 41.3 Å². The van der Waals surface area contributed by atoms with Crippen LogP contribution in [0.3, 0.4) is 0 Å². The molecule has 0 unspecified atom stereocenters. The number of likely N-dealkylation sites (tertiary alicyclic amines) is 1. The predicted molar refractivity (Wildman–Crippen MR) is 93.4 cm³/mol. The van der Waals surface area contributed by atoms with Gasteiger partial charge >= 0.3 is 5.97 Å². The highest BCUT2D eigenvalue weighted by Gasteiger charge is 2.44. The van der Waals surface area contributed by atoms with Crippen LogP contribution in [-0.2, 0) is 16.9 Å². The molecule has 0 amide bonds. The number of hydrogen-bond acceptors (Lipinski definition) is 5. The first-order valence-corrected chi connectivity index (χ1v) is 8.63. The molecule has 0 saturated carbocycles. The topological polar surface area (TPSA) is 100 Å². The van der Waals surface area contributed by atoms with Crippen LogP contribution in [0.2, 0.25) is 0 Å². The number of carboxylic acid groups (broad SMARTS) is 1. The van der Waals surface area contributed by atoms with Gasteiger partial charge in [0.05, 0.1) is 6.26 Å². The molecule has 4 rings (SSSR count). The summed E-state index contributed by atoms with van der Waals surface area (Å²) in [6.07, 6.45) is 6.14. The van der Waals surface area contributed by atoms with E-state index in [0.717, 1.165) is 18.1 Å². The number of nitrogens with one attached hydrogen (secondary N) is 1. The van der Waals surface area contributed by atoms with Crippen LogP contribution in [0.1, 0.15) is 24.4 Å². The van der Waals surface area contributed by atoms with E-state index in [9.17, 15) is 9.90 Å². The van der Waals surface area contributed by atoms with E-state index in [1.165, 1.54) is 0 Å². The van der Waals surface area contributed by atoms with Gasteiger partial charge in [-0.15, -0.1) is 0 Å². The SMILES string of the molecule is Cc1ncc(CN2CCC(C(=O)O)(n3ccc(-c4ccco4)n3)CC2)[nH]1. The number of furan rings is 1. The number of H-pyrrole nitrogens is 1. The third-order valence-electron chi connectivity index (χ3n) is 5.03. The van der Waals surface area contributed by atoms with Gasteiger partial charge < -0.3 is 14.5 Å². The first-order valence-electron chi connectivity index (χ1n) is 8.63. The molecule has 0 aliphatic carbocycles. The average Bonchev–Trinajstić information content (AvgIpc) is 3.37. The predicted octanol–water partition coefficient (Wildman–Crippen LogP) is 2.25. The number of hydrogen-bond donors (Lipinski definition) is 2. The van der Waals surface area contributed by atoms with Crippen molar-refractivity contribution in [2.45, 2.75) is 31.8 Å². The smallest absolute Gasteiger partial charge is 0.331 e. The summed E-state index contributed by atoms with van der Waals surface area (Å²) in [6, 6.07) is 5.40. The Bertz CT molecular complexity index is 888. The highest BCUT2D eigenvalue weighted by molar-refractivity contribution is 5.77. The van der Waals surface area contributed by atoms with E-state index in [0.29, 0.717) is 37.4 Å². The number of carbonyl (C=O) groups is 1. The van der Waals surface area contributed by atoms with Crippen molar-refractivity contribution in [2.75, 3.05) is 13.1 Å². The normalized spacial score (nSPS) is 17.4. The van der Waals surface area contributed by atoms with Gasteiger partial charge in [-0.25, -0.2) is 9.78 Å². The molecule has 2 N–H and O–H groups in total. The maximum atomic E-state index is 12.1. The minimum absolute atomic E-state index is 0.495. The molecule has 1 aliphatic heterocycles. The first kappa shape index (κ1) is 16.6. The monoisotopic (exact) mass is 355 g/mol. The summed E-state index contributed by atoms with van der Waals surface area (Å²) in [7, 11) is 0. The van der Waals surface area contributed by atoms with Crippen molar-refractivity contribution in [3.8, 4) is 11.5 Å². The fourth-order valence-electron chi connectivity index (χ4n) is 3.53. The van der Waals surface area contributed by atoms with Crippen LogP contribution in [0.4, 0.5) is 0 Å². The van der Waals surface area contributed by atoms with Crippen molar-refractivity contribution in [3.05, 3.63) is 48.4 Å². The van der Waals surface area contributed by atoms with E-state index in [2.05, 4.69) is 20.0 Å². The van der Waals surface area contributed by atoms with Gasteiger partial charge in [-0.05, 0) is 38.0 Å². The molecule has 3 aromatic rings. The van der Waals surface area contributed by atoms with E-state index in [1.807, 2.05) is 19.2 Å². The second kappa shape index (κ2) is 6.45. The summed E-state index contributed by atoms with van der Waals surface area (Å²) < 4.78 is 6.95. The Morgan fingerprint density at radius 3 is 2.81 bits per heavy atom. The standard InChI is InChI=1S/C18H21N5O3/c1-13-19-11-14(20-13)12-22-8-5-18(6-9-22,17(24)25)23-7-4-15(21-23)16-3-2-10-26-16/h2-4,7,10-11H,5-6,8-9,12H2,1H3,(H,19,20)(H,24,25). The quantitative estimate of drug-likeness (QED) is 0.728. The lowest BCUT2D eigenvalue weighted by molar-refractivity contribution is -0.151. The van der Waals surface area contributed by atoms with Gasteiger partial charge in [0, 0.05) is 37.7 Å². The summed E-state index contributed by atoms with van der Waals surface area (Å²) in [6.45, 7) is 4.03. The van der Waals surface area contributed by atoms with E-state index in [1.54, 1.807) is 29.3 Å². The third kappa shape index (κ3) is 2.92. The van der Waals surface area contributed by atoms with Crippen LogP contribution in [-0.4, -0.2) is 48.8 Å². The van der Waals surface area contributed by atoms with Gasteiger partial charge in [0.25, 0.3) is 0 Å². The molecule has 0 spiro atoms. The summed E-state index contributed by atoms with van der Waals surface area (Å²) >= 11 is 0. The number of nitrogens with zero attached hydrogens (tertiary/aromatic N) is 4. The molecule has 1 saturated heterocycles. The molecule has 3 aromatic heterocycles. The zero-order valence-electron chi connectivity index (χ0n) is 14.6. The van der Waals surface area contributed by atoms with Crippen molar-refractivity contribution < 1.29 is 14.3 Å². The van der Waals surface area contributed by atoms with E-state index >= 15 is 0 Å². The first-order chi connectivity index (χ1) is 12.6.